The second kappa shape index (κ2) is 11.2. The minimum Gasteiger partial charge on any atom is -0.480 e. The van der Waals surface area contributed by atoms with E-state index in [2.05, 4.69) is 5.32 Å². The molecule has 1 atom stereocenters. The zero-order valence-corrected chi connectivity index (χ0v) is 19.6. The average Bonchev–Trinajstić information content (AvgIpc) is 2.79. The summed E-state index contributed by atoms with van der Waals surface area (Å²) in [4.78, 5) is 24.6. The van der Waals surface area contributed by atoms with E-state index in [4.69, 9.17) is 9.05 Å². The lowest BCUT2D eigenvalue weighted by atomic mass is 9.98. The highest BCUT2D eigenvalue weighted by Gasteiger charge is 2.25. The lowest BCUT2D eigenvalue weighted by molar-refractivity contribution is -0.139. The van der Waals surface area contributed by atoms with Crippen molar-refractivity contribution in [2.24, 2.45) is 0 Å². The van der Waals surface area contributed by atoms with E-state index in [9.17, 15) is 19.3 Å². The molecular formula is C25H28NO6P. The van der Waals surface area contributed by atoms with Gasteiger partial charge in [0, 0.05) is 12.0 Å². The number of carboxylic acids is 1. The third kappa shape index (κ3) is 6.51. The van der Waals surface area contributed by atoms with Gasteiger partial charge in [-0.05, 0) is 47.9 Å². The van der Waals surface area contributed by atoms with Crippen LogP contribution < -0.4 is 5.32 Å². The SMILES string of the molecule is CCOP(=O)(Cc1ccc(C(=O)N[C@H](Cc2cccc3ccccc23)C(=O)O)cc1)OCC. The van der Waals surface area contributed by atoms with Crippen molar-refractivity contribution in [2.75, 3.05) is 13.2 Å². The average molecular weight is 469 g/mol. The lowest BCUT2D eigenvalue weighted by Gasteiger charge is -2.18. The van der Waals surface area contributed by atoms with Gasteiger partial charge in [0.2, 0.25) is 0 Å². The Labute approximate surface area is 193 Å². The van der Waals surface area contributed by atoms with Crippen LogP contribution in [-0.2, 0) is 31.0 Å². The van der Waals surface area contributed by atoms with E-state index in [0.717, 1.165) is 16.3 Å². The van der Waals surface area contributed by atoms with Crippen molar-refractivity contribution >= 4 is 30.2 Å². The number of fused-ring (bicyclic) bond motifs is 1. The zero-order chi connectivity index (χ0) is 23.8. The number of carboxylic acid groups (broad SMARTS) is 1. The van der Waals surface area contributed by atoms with Crippen molar-refractivity contribution in [1.29, 1.82) is 0 Å². The number of benzene rings is 3. The number of hydrogen-bond acceptors (Lipinski definition) is 5. The van der Waals surface area contributed by atoms with Crippen molar-refractivity contribution < 1.29 is 28.3 Å². The van der Waals surface area contributed by atoms with Gasteiger partial charge in [-0.15, -0.1) is 0 Å². The fourth-order valence-electron chi connectivity index (χ4n) is 3.64. The monoisotopic (exact) mass is 469 g/mol. The van der Waals surface area contributed by atoms with Gasteiger partial charge >= 0.3 is 13.6 Å². The van der Waals surface area contributed by atoms with Gasteiger partial charge in [0.1, 0.15) is 6.04 Å². The molecule has 8 heteroatoms. The number of carbonyl (C=O) groups is 2. The van der Waals surface area contributed by atoms with Crippen LogP contribution in [0.4, 0.5) is 0 Å². The first-order chi connectivity index (χ1) is 15.8. The Morgan fingerprint density at radius 3 is 2.21 bits per heavy atom. The maximum atomic E-state index is 12.7. The largest absolute Gasteiger partial charge is 0.480 e. The second-order valence-electron chi connectivity index (χ2n) is 7.51. The standard InChI is InChI=1S/C25H28NO6P/c1-3-31-33(30,32-4-2)17-18-12-14-20(15-13-18)24(27)26-23(25(28)29)16-21-10-7-9-19-8-5-6-11-22(19)21/h5-15,23H,3-4,16-17H2,1-2H3,(H,26,27)(H,28,29)/t23-/m1/s1. The Hall–Kier alpha value is -2.99. The van der Waals surface area contributed by atoms with Crippen LogP contribution in [0.2, 0.25) is 0 Å². The van der Waals surface area contributed by atoms with E-state index in [-0.39, 0.29) is 25.8 Å². The van der Waals surface area contributed by atoms with Crippen molar-refractivity contribution in [3.8, 4) is 0 Å². The van der Waals surface area contributed by atoms with E-state index in [1.807, 2.05) is 42.5 Å². The van der Waals surface area contributed by atoms with Gasteiger partial charge in [0.05, 0.1) is 19.4 Å². The highest BCUT2D eigenvalue weighted by molar-refractivity contribution is 7.53. The first kappa shape index (κ1) is 24.6. The molecule has 0 radical (unpaired) electrons. The summed E-state index contributed by atoms with van der Waals surface area (Å²) >= 11 is 0. The summed E-state index contributed by atoms with van der Waals surface area (Å²) in [5, 5.41) is 14.3. The molecule has 0 aromatic heterocycles. The van der Waals surface area contributed by atoms with Gasteiger partial charge in [-0.3, -0.25) is 9.36 Å². The number of carbonyl (C=O) groups excluding carboxylic acids is 1. The van der Waals surface area contributed by atoms with Crippen LogP contribution in [0.3, 0.4) is 0 Å². The van der Waals surface area contributed by atoms with Crippen LogP contribution in [0.5, 0.6) is 0 Å². The first-order valence-electron chi connectivity index (χ1n) is 10.8. The van der Waals surface area contributed by atoms with Crippen LogP contribution in [-0.4, -0.2) is 36.2 Å². The third-order valence-corrected chi connectivity index (χ3v) is 7.21. The summed E-state index contributed by atoms with van der Waals surface area (Å²) in [5.41, 5.74) is 1.85. The van der Waals surface area contributed by atoms with Crippen LogP contribution in [0, 0.1) is 0 Å². The summed E-state index contributed by atoms with van der Waals surface area (Å²) in [6, 6.07) is 18.8. The smallest absolute Gasteiger partial charge is 0.335 e. The molecule has 0 aliphatic rings. The van der Waals surface area contributed by atoms with Gasteiger partial charge in [-0.1, -0.05) is 54.6 Å². The molecule has 0 bridgehead atoms. The van der Waals surface area contributed by atoms with Crippen LogP contribution in [0.15, 0.2) is 66.7 Å². The predicted octanol–water partition coefficient (Wildman–Crippen LogP) is 5.03. The summed E-state index contributed by atoms with van der Waals surface area (Å²) in [6.07, 6.45) is 0.252. The number of hydrogen-bond donors (Lipinski definition) is 2. The van der Waals surface area contributed by atoms with Crippen LogP contribution in [0.25, 0.3) is 10.8 Å². The lowest BCUT2D eigenvalue weighted by Crippen LogP contribution is -2.42. The highest BCUT2D eigenvalue weighted by atomic mass is 31.2. The summed E-state index contributed by atoms with van der Waals surface area (Å²) in [7, 11) is -3.25. The number of aliphatic carboxylic acids is 1. The fourth-order valence-corrected chi connectivity index (χ4v) is 5.34. The molecule has 7 nitrogen and oxygen atoms in total. The van der Waals surface area contributed by atoms with Crippen molar-refractivity contribution in [3.63, 3.8) is 0 Å². The summed E-state index contributed by atoms with van der Waals surface area (Å²) in [5.74, 6) is -1.60. The van der Waals surface area contributed by atoms with E-state index >= 15 is 0 Å². The van der Waals surface area contributed by atoms with Crippen molar-refractivity contribution in [1.82, 2.24) is 5.32 Å². The molecule has 174 valence electrons. The highest BCUT2D eigenvalue weighted by Crippen LogP contribution is 2.51. The number of amides is 1. The predicted molar refractivity (Wildman–Crippen MR) is 128 cm³/mol. The first-order valence-corrected chi connectivity index (χ1v) is 12.6. The molecule has 33 heavy (non-hydrogen) atoms. The maximum Gasteiger partial charge on any atom is 0.335 e. The van der Waals surface area contributed by atoms with Crippen LogP contribution in [0.1, 0.15) is 35.3 Å². The second-order valence-corrected chi connectivity index (χ2v) is 9.56. The van der Waals surface area contributed by atoms with Crippen molar-refractivity contribution in [3.05, 3.63) is 83.4 Å². The molecule has 0 spiro atoms. The minimum atomic E-state index is -3.25. The van der Waals surface area contributed by atoms with Crippen LogP contribution >= 0.6 is 7.60 Å². The molecule has 2 N–H and O–H groups in total. The molecule has 3 aromatic rings. The molecule has 0 saturated carbocycles. The van der Waals surface area contributed by atoms with Gasteiger partial charge in [-0.25, -0.2) is 4.79 Å². The topological polar surface area (TPSA) is 102 Å². The molecule has 0 heterocycles. The minimum absolute atomic E-state index is 0.0927. The molecule has 0 saturated heterocycles. The Kier molecular flexibility index (Phi) is 8.39. The molecule has 3 aromatic carbocycles. The molecule has 0 unspecified atom stereocenters. The normalized spacial score (nSPS) is 12.4. The van der Waals surface area contributed by atoms with Gasteiger partial charge < -0.3 is 19.5 Å². The molecule has 0 aliphatic carbocycles. The van der Waals surface area contributed by atoms with Gasteiger partial charge in [0.25, 0.3) is 5.91 Å². The number of rotatable bonds is 11. The molecule has 1 amide bonds. The Bertz CT molecular complexity index is 1150. The van der Waals surface area contributed by atoms with E-state index < -0.39 is 25.5 Å². The zero-order valence-electron chi connectivity index (χ0n) is 18.7. The number of nitrogens with one attached hydrogen (secondary N) is 1. The van der Waals surface area contributed by atoms with E-state index in [1.54, 1.807) is 38.1 Å². The summed E-state index contributed by atoms with van der Waals surface area (Å²) < 4.78 is 23.3. The van der Waals surface area contributed by atoms with E-state index in [0.29, 0.717) is 11.1 Å². The Balaban J connectivity index is 1.71. The molecule has 0 fully saturated rings. The molecule has 3 rings (SSSR count). The van der Waals surface area contributed by atoms with Gasteiger partial charge in [0.15, 0.2) is 0 Å². The third-order valence-electron chi connectivity index (χ3n) is 5.15. The Morgan fingerprint density at radius 1 is 0.939 bits per heavy atom. The van der Waals surface area contributed by atoms with Crippen molar-refractivity contribution in [2.45, 2.75) is 32.5 Å². The molecule has 0 aliphatic heterocycles. The van der Waals surface area contributed by atoms with E-state index in [1.165, 1.54) is 0 Å². The molecular weight excluding hydrogens is 441 g/mol. The van der Waals surface area contributed by atoms with Gasteiger partial charge in [-0.2, -0.15) is 0 Å². The fraction of sp³-hybridized carbons (Fsp3) is 0.280. The quantitative estimate of drug-likeness (QED) is 0.382. The Morgan fingerprint density at radius 2 is 1.58 bits per heavy atom. The summed E-state index contributed by atoms with van der Waals surface area (Å²) in [6.45, 7) is 4.03. The maximum absolute atomic E-state index is 12.7.